The summed E-state index contributed by atoms with van der Waals surface area (Å²) in [5, 5.41) is 12.3. The van der Waals surface area contributed by atoms with E-state index in [9.17, 15) is 26.7 Å². The molecule has 0 bridgehead atoms. The smallest absolute Gasteiger partial charge is 0.382 e. The monoisotopic (exact) mass is 366 g/mol. The number of hydrogen-bond acceptors (Lipinski definition) is 4. The van der Waals surface area contributed by atoms with E-state index >= 15 is 0 Å². The van der Waals surface area contributed by atoms with Crippen LogP contribution in [0.15, 0.2) is 24.3 Å². The molecule has 1 saturated heterocycles. The Balaban J connectivity index is 2.06. The van der Waals surface area contributed by atoms with Gasteiger partial charge in [-0.3, -0.25) is 0 Å². The second kappa shape index (κ2) is 6.89. The van der Waals surface area contributed by atoms with Gasteiger partial charge in [0.25, 0.3) is 0 Å². The third-order valence-electron chi connectivity index (χ3n) is 4.19. The predicted molar refractivity (Wildman–Crippen MR) is 85.0 cm³/mol. The normalized spacial score (nSPS) is 20.7. The van der Waals surface area contributed by atoms with Gasteiger partial charge in [0.1, 0.15) is 0 Å². The van der Waals surface area contributed by atoms with Gasteiger partial charge in [-0.05, 0) is 30.5 Å². The Labute approximate surface area is 139 Å². The minimum atomic E-state index is -4.73. The number of aliphatic hydroxyl groups is 1. The molecule has 1 aromatic rings. The van der Waals surface area contributed by atoms with E-state index in [2.05, 4.69) is 5.32 Å². The Kier molecular flexibility index (Phi) is 5.46. The van der Waals surface area contributed by atoms with Crippen LogP contribution in [0.3, 0.4) is 0 Å². The van der Waals surface area contributed by atoms with Gasteiger partial charge in [-0.25, -0.2) is 8.42 Å². The molecule has 1 atom stereocenters. The molecule has 1 aromatic carbocycles. The van der Waals surface area contributed by atoms with E-state index in [4.69, 9.17) is 0 Å². The largest absolute Gasteiger partial charge is 0.418 e. The van der Waals surface area contributed by atoms with E-state index in [1.54, 1.807) is 24.3 Å². The average molecular weight is 366 g/mol. The van der Waals surface area contributed by atoms with Crippen LogP contribution >= 0.6 is 0 Å². The number of nitrogens with zero attached hydrogens (tertiary/aromatic N) is 1. The predicted octanol–water partition coefficient (Wildman–Crippen LogP) is 2.34. The molecule has 1 aliphatic heterocycles. The summed E-state index contributed by atoms with van der Waals surface area (Å²) in [6.07, 6.45) is -4.61. The number of rotatable bonds is 6. The molecule has 136 valence electrons. The third-order valence-corrected chi connectivity index (χ3v) is 6.09. The highest BCUT2D eigenvalue weighted by molar-refractivity contribution is 7.89. The molecule has 5 nitrogen and oxygen atoms in total. The molecule has 0 radical (unpaired) electrons. The van der Waals surface area contributed by atoms with Crippen molar-refractivity contribution in [1.82, 2.24) is 4.31 Å². The summed E-state index contributed by atoms with van der Waals surface area (Å²) >= 11 is 0. The van der Waals surface area contributed by atoms with Crippen LogP contribution in [0.2, 0.25) is 0 Å². The molecular formula is C15H21F3N2O3S. The molecule has 1 fully saturated rings. The minimum Gasteiger partial charge on any atom is -0.382 e. The number of benzene rings is 1. The van der Waals surface area contributed by atoms with Gasteiger partial charge in [0.2, 0.25) is 10.0 Å². The maximum atomic E-state index is 12.9. The van der Waals surface area contributed by atoms with Crippen LogP contribution < -0.4 is 5.32 Å². The van der Waals surface area contributed by atoms with Crippen molar-refractivity contribution in [2.24, 2.45) is 0 Å². The fraction of sp³-hybridized carbons (Fsp3) is 0.600. The molecule has 2 N–H and O–H groups in total. The van der Waals surface area contributed by atoms with Crippen molar-refractivity contribution in [2.75, 3.05) is 24.2 Å². The minimum absolute atomic E-state index is 0.125. The zero-order valence-corrected chi connectivity index (χ0v) is 14.1. The van der Waals surface area contributed by atoms with Gasteiger partial charge in [0.05, 0.1) is 12.3 Å². The van der Waals surface area contributed by atoms with E-state index in [-0.39, 0.29) is 12.3 Å². The number of sulfonamides is 1. The summed E-state index contributed by atoms with van der Waals surface area (Å²) in [6.45, 7) is 1.24. The van der Waals surface area contributed by atoms with Crippen LogP contribution in [-0.2, 0) is 16.6 Å². The Morgan fingerprint density at radius 2 is 2.04 bits per heavy atom. The summed E-state index contributed by atoms with van der Waals surface area (Å²) in [5.41, 5.74) is -1.72. The number of nitrogens with one attached hydrogen (secondary N) is 1. The van der Waals surface area contributed by atoms with Gasteiger partial charge in [-0.2, -0.15) is 17.5 Å². The Hall–Kier alpha value is -1.32. The molecule has 0 amide bonds. The Morgan fingerprint density at radius 1 is 1.33 bits per heavy atom. The van der Waals surface area contributed by atoms with Crippen molar-refractivity contribution < 1.29 is 26.7 Å². The molecule has 2 rings (SSSR count). The molecule has 1 heterocycles. The fourth-order valence-electron chi connectivity index (χ4n) is 2.53. The SMILES string of the molecule is CCC(O)(CNc1cccc(CN2CCCS2(=O)=O)c1)C(F)(F)F. The van der Waals surface area contributed by atoms with Crippen LogP contribution in [0.4, 0.5) is 18.9 Å². The number of alkyl halides is 3. The zero-order valence-electron chi connectivity index (χ0n) is 13.3. The Morgan fingerprint density at radius 3 is 2.58 bits per heavy atom. The number of hydrogen-bond donors (Lipinski definition) is 2. The summed E-state index contributed by atoms with van der Waals surface area (Å²) < 4.78 is 63.6. The molecule has 1 unspecified atom stereocenters. The van der Waals surface area contributed by atoms with Gasteiger partial charge in [0.15, 0.2) is 5.60 Å². The van der Waals surface area contributed by atoms with E-state index in [0.29, 0.717) is 24.2 Å². The molecule has 0 saturated carbocycles. The summed E-state index contributed by atoms with van der Waals surface area (Å²) in [7, 11) is -3.23. The quantitative estimate of drug-likeness (QED) is 0.811. The molecule has 9 heteroatoms. The molecule has 0 aliphatic carbocycles. The second-order valence-corrected chi connectivity index (χ2v) is 8.03. The molecule has 0 spiro atoms. The maximum Gasteiger partial charge on any atom is 0.418 e. The average Bonchev–Trinajstić information content (AvgIpc) is 2.83. The molecule has 1 aliphatic rings. The highest BCUT2D eigenvalue weighted by Crippen LogP contribution is 2.33. The lowest BCUT2D eigenvalue weighted by atomic mass is 10.00. The van der Waals surface area contributed by atoms with E-state index in [0.717, 1.165) is 0 Å². The second-order valence-electron chi connectivity index (χ2n) is 5.94. The van der Waals surface area contributed by atoms with Crippen molar-refractivity contribution >= 4 is 15.7 Å². The van der Waals surface area contributed by atoms with Crippen molar-refractivity contribution in [3.05, 3.63) is 29.8 Å². The Bertz CT molecular complexity index is 679. The topological polar surface area (TPSA) is 69.6 Å². The lowest BCUT2D eigenvalue weighted by molar-refractivity contribution is -0.255. The van der Waals surface area contributed by atoms with Crippen LogP contribution in [0.5, 0.6) is 0 Å². The van der Waals surface area contributed by atoms with Gasteiger partial charge >= 0.3 is 6.18 Å². The standard InChI is InChI=1S/C15H21F3N2O3S/c1-2-14(21,15(16,17)18)11-19-13-6-3-5-12(9-13)10-20-7-4-8-24(20,22)23/h3,5-6,9,19,21H,2,4,7-8,10-11H2,1H3. The van der Waals surface area contributed by atoms with Crippen molar-refractivity contribution in [3.8, 4) is 0 Å². The zero-order chi connectivity index (χ0) is 18.0. The van der Waals surface area contributed by atoms with Crippen molar-refractivity contribution in [1.29, 1.82) is 0 Å². The maximum absolute atomic E-state index is 12.9. The van der Waals surface area contributed by atoms with Crippen LogP contribution in [-0.4, -0.2) is 48.4 Å². The van der Waals surface area contributed by atoms with Gasteiger partial charge in [-0.15, -0.1) is 0 Å². The van der Waals surface area contributed by atoms with Crippen molar-refractivity contribution in [3.63, 3.8) is 0 Å². The van der Waals surface area contributed by atoms with Gasteiger partial charge in [-0.1, -0.05) is 19.1 Å². The van der Waals surface area contributed by atoms with E-state index in [1.165, 1.54) is 11.2 Å². The van der Waals surface area contributed by atoms with Gasteiger partial charge < -0.3 is 10.4 Å². The fourth-order valence-corrected chi connectivity index (χ4v) is 4.03. The number of anilines is 1. The first kappa shape index (κ1) is 19.0. The lowest BCUT2D eigenvalue weighted by Gasteiger charge is -2.30. The van der Waals surface area contributed by atoms with E-state index in [1.807, 2.05) is 0 Å². The first-order chi connectivity index (χ1) is 11.1. The highest BCUT2D eigenvalue weighted by atomic mass is 32.2. The molecule has 24 heavy (non-hydrogen) atoms. The van der Waals surface area contributed by atoms with Crippen LogP contribution in [0, 0.1) is 0 Å². The highest BCUT2D eigenvalue weighted by Gasteiger charge is 2.52. The summed E-state index contributed by atoms with van der Waals surface area (Å²) in [5.74, 6) is 0.125. The lowest BCUT2D eigenvalue weighted by Crippen LogP contribution is -2.50. The van der Waals surface area contributed by atoms with Crippen LogP contribution in [0.25, 0.3) is 0 Å². The molecule has 0 aromatic heterocycles. The van der Waals surface area contributed by atoms with Crippen molar-refractivity contribution in [2.45, 2.75) is 38.1 Å². The first-order valence-electron chi connectivity index (χ1n) is 7.67. The van der Waals surface area contributed by atoms with Gasteiger partial charge in [0, 0.05) is 18.8 Å². The summed E-state index contributed by atoms with van der Waals surface area (Å²) in [6, 6.07) is 6.53. The molecular weight excluding hydrogens is 345 g/mol. The van der Waals surface area contributed by atoms with Crippen LogP contribution in [0.1, 0.15) is 25.3 Å². The number of halogens is 3. The van der Waals surface area contributed by atoms with E-state index < -0.39 is 34.8 Å². The third kappa shape index (κ3) is 4.20. The summed E-state index contributed by atoms with van der Waals surface area (Å²) in [4.78, 5) is 0. The first-order valence-corrected chi connectivity index (χ1v) is 9.28.